The van der Waals surface area contributed by atoms with Crippen LogP contribution in [-0.4, -0.2) is 33.9 Å². The second kappa shape index (κ2) is 9.48. The lowest BCUT2D eigenvalue weighted by molar-refractivity contribution is 0.358. The van der Waals surface area contributed by atoms with Crippen molar-refractivity contribution < 1.29 is 24.4 Å². The summed E-state index contributed by atoms with van der Waals surface area (Å²) >= 11 is 3.13. The fourth-order valence-electron chi connectivity index (χ4n) is 1.14. The third kappa shape index (κ3) is 4.98. The molecule has 5 nitrogen and oxygen atoms in total. The standard InChI is InChI=1S/2C6H8O2S.H2O/c2*1-7-5-3-9-4-6(5)8-2;/h2*3-4H,1-2H3;1H2. The average molecular weight is 306 g/mol. The molecule has 2 aromatic heterocycles. The molecule has 0 bridgehead atoms. The molecule has 2 rings (SSSR count). The Bertz CT molecular complexity index is 373. The number of thiophene rings is 2. The zero-order valence-corrected chi connectivity index (χ0v) is 12.9. The Balaban J connectivity index is 0.000000324. The highest BCUT2D eigenvalue weighted by Crippen LogP contribution is 2.30. The van der Waals surface area contributed by atoms with Gasteiger partial charge < -0.3 is 24.4 Å². The maximum absolute atomic E-state index is 4.96. The molecule has 2 N–H and O–H groups in total. The molecule has 0 saturated heterocycles. The van der Waals surface area contributed by atoms with E-state index in [0.29, 0.717) is 0 Å². The molecule has 0 aliphatic rings. The maximum Gasteiger partial charge on any atom is 0.171 e. The monoisotopic (exact) mass is 306 g/mol. The fraction of sp³-hybridized carbons (Fsp3) is 0.333. The van der Waals surface area contributed by atoms with E-state index in [1.165, 1.54) is 0 Å². The van der Waals surface area contributed by atoms with Crippen LogP contribution in [0.4, 0.5) is 0 Å². The van der Waals surface area contributed by atoms with Crippen LogP contribution in [0, 0.1) is 0 Å². The summed E-state index contributed by atoms with van der Waals surface area (Å²) in [6.07, 6.45) is 0. The molecule has 0 aliphatic heterocycles. The molecule has 0 spiro atoms. The average Bonchev–Trinajstić information content (AvgIpc) is 3.06. The van der Waals surface area contributed by atoms with Crippen LogP contribution in [0.25, 0.3) is 0 Å². The van der Waals surface area contributed by atoms with Crippen LogP contribution in [0.5, 0.6) is 23.0 Å². The second-order valence-electron chi connectivity index (χ2n) is 3.02. The van der Waals surface area contributed by atoms with Crippen molar-refractivity contribution in [3.05, 3.63) is 21.5 Å². The molecule has 0 aliphatic carbocycles. The van der Waals surface area contributed by atoms with E-state index in [1.54, 1.807) is 51.1 Å². The van der Waals surface area contributed by atoms with Crippen LogP contribution in [-0.2, 0) is 0 Å². The summed E-state index contributed by atoms with van der Waals surface area (Å²) in [5, 5.41) is 7.61. The lowest BCUT2D eigenvalue weighted by Crippen LogP contribution is -1.84. The number of rotatable bonds is 4. The van der Waals surface area contributed by atoms with Gasteiger partial charge in [0.1, 0.15) is 0 Å². The Kier molecular flexibility index (Phi) is 8.77. The van der Waals surface area contributed by atoms with Crippen molar-refractivity contribution in [2.45, 2.75) is 0 Å². The molecule has 0 unspecified atom stereocenters. The van der Waals surface area contributed by atoms with Gasteiger partial charge in [0.05, 0.1) is 28.4 Å². The number of hydrogen-bond donors (Lipinski definition) is 0. The van der Waals surface area contributed by atoms with Gasteiger partial charge in [-0.3, -0.25) is 0 Å². The summed E-state index contributed by atoms with van der Waals surface area (Å²) < 4.78 is 19.8. The van der Waals surface area contributed by atoms with Gasteiger partial charge in [0.15, 0.2) is 23.0 Å². The quantitative estimate of drug-likeness (QED) is 0.871. The van der Waals surface area contributed by atoms with Crippen LogP contribution in [0.1, 0.15) is 0 Å². The summed E-state index contributed by atoms with van der Waals surface area (Å²) in [5.74, 6) is 3.23. The fourth-order valence-corrected chi connectivity index (χ4v) is 2.62. The van der Waals surface area contributed by atoms with E-state index in [1.807, 2.05) is 21.5 Å². The minimum Gasteiger partial charge on any atom is -0.492 e. The van der Waals surface area contributed by atoms with Crippen molar-refractivity contribution >= 4 is 22.7 Å². The molecule has 0 atom stereocenters. The topological polar surface area (TPSA) is 68.4 Å². The van der Waals surface area contributed by atoms with E-state index in [2.05, 4.69) is 0 Å². The summed E-state index contributed by atoms with van der Waals surface area (Å²) in [5.41, 5.74) is 0. The first-order valence-corrected chi connectivity index (χ1v) is 6.93. The largest absolute Gasteiger partial charge is 0.492 e. The summed E-state index contributed by atoms with van der Waals surface area (Å²) in [6, 6.07) is 0. The molecule has 7 heteroatoms. The Labute approximate surface area is 120 Å². The Morgan fingerprint density at radius 3 is 0.947 bits per heavy atom. The van der Waals surface area contributed by atoms with Gasteiger partial charge in [-0.15, -0.1) is 22.7 Å². The lowest BCUT2D eigenvalue weighted by Gasteiger charge is -1.98. The smallest absolute Gasteiger partial charge is 0.171 e. The van der Waals surface area contributed by atoms with Gasteiger partial charge in [-0.05, 0) is 0 Å². The van der Waals surface area contributed by atoms with Crippen LogP contribution in [0.15, 0.2) is 21.5 Å². The summed E-state index contributed by atoms with van der Waals surface area (Å²) in [6.45, 7) is 0. The molecule has 0 radical (unpaired) electrons. The Morgan fingerprint density at radius 2 is 0.789 bits per heavy atom. The van der Waals surface area contributed by atoms with Crippen molar-refractivity contribution in [2.75, 3.05) is 28.4 Å². The number of hydrogen-bond acceptors (Lipinski definition) is 6. The number of ether oxygens (including phenoxy) is 4. The van der Waals surface area contributed by atoms with Gasteiger partial charge in [-0.2, -0.15) is 0 Å². The second-order valence-corrected chi connectivity index (χ2v) is 4.50. The highest BCUT2D eigenvalue weighted by Gasteiger charge is 2.01. The summed E-state index contributed by atoms with van der Waals surface area (Å²) in [4.78, 5) is 0. The predicted molar refractivity (Wildman–Crippen MR) is 78.5 cm³/mol. The Hall–Kier alpha value is -1.44. The Morgan fingerprint density at radius 1 is 0.579 bits per heavy atom. The SMILES string of the molecule is COc1cscc1OC.COc1cscc1OC.O. The molecular formula is C12H18O5S2. The van der Waals surface area contributed by atoms with Gasteiger partial charge in [0, 0.05) is 21.5 Å². The van der Waals surface area contributed by atoms with Crippen molar-refractivity contribution in [3.63, 3.8) is 0 Å². The molecular weight excluding hydrogens is 288 g/mol. The molecule has 0 aromatic carbocycles. The molecule has 0 fully saturated rings. The van der Waals surface area contributed by atoms with Gasteiger partial charge in [-0.25, -0.2) is 0 Å². The van der Waals surface area contributed by atoms with Crippen molar-refractivity contribution in [3.8, 4) is 23.0 Å². The van der Waals surface area contributed by atoms with Crippen molar-refractivity contribution in [1.29, 1.82) is 0 Å². The van der Waals surface area contributed by atoms with Gasteiger partial charge >= 0.3 is 0 Å². The van der Waals surface area contributed by atoms with Gasteiger partial charge in [-0.1, -0.05) is 0 Å². The lowest BCUT2D eigenvalue weighted by atomic mass is 10.5. The van der Waals surface area contributed by atoms with Crippen molar-refractivity contribution in [1.82, 2.24) is 0 Å². The molecule has 108 valence electrons. The molecule has 0 amide bonds. The van der Waals surface area contributed by atoms with Gasteiger partial charge in [0.25, 0.3) is 0 Å². The highest BCUT2D eigenvalue weighted by molar-refractivity contribution is 7.08. The van der Waals surface area contributed by atoms with Crippen molar-refractivity contribution in [2.24, 2.45) is 0 Å². The molecule has 19 heavy (non-hydrogen) atoms. The van der Waals surface area contributed by atoms with Crippen LogP contribution < -0.4 is 18.9 Å². The van der Waals surface area contributed by atoms with E-state index < -0.39 is 0 Å². The van der Waals surface area contributed by atoms with Crippen LogP contribution in [0.3, 0.4) is 0 Å². The first kappa shape index (κ1) is 17.6. The zero-order chi connectivity index (χ0) is 13.4. The minimum absolute atomic E-state index is 0. The minimum atomic E-state index is 0. The van der Waals surface area contributed by atoms with Crippen LogP contribution >= 0.6 is 22.7 Å². The van der Waals surface area contributed by atoms with E-state index in [-0.39, 0.29) is 5.48 Å². The molecule has 0 saturated carbocycles. The van der Waals surface area contributed by atoms with E-state index >= 15 is 0 Å². The van der Waals surface area contributed by atoms with Gasteiger partial charge in [0.2, 0.25) is 0 Å². The normalized spacial score (nSPS) is 8.63. The predicted octanol–water partition coefficient (Wildman–Crippen LogP) is 2.71. The number of methoxy groups -OCH3 is 4. The highest BCUT2D eigenvalue weighted by atomic mass is 32.1. The van der Waals surface area contributed by atoms with E-state index in [9.17, 15) is 0 Å². The molecule has 2 heterocycles. The third-order valence-corrected chi connectivity index (χ3v) is 3.47. The van der Waals surface area contributed by atoms with E-state index in [0.717, 1.165) is 23.0 Å². The summed E-state index contributed by atoms with van der Waals surface area (Å²) in [7, 11) is 6.52. The third-order valence-electron chi connectivity index (χ3n) is 2.07. The zero-order valence-electron chi connectivity index (χ0n) is 11.3. The maximum atomic E-state index is 4.96. The van der Waals surface area contributed by atoms with E-state index in [4.69, 9.17) is 18.9 Å². The molecule has 2 aromatic rings. The first-order valence-electron chi connectivity index (χ1n) is 5.05. The first-order chi connectivity index (χ1) is 8.76. The van der Waals surface area contributed by atoms with Crippen LogP contribution in [0.2, 0.25) is 0 Å².